The minimum atomic E-state index is -4.64. The van der Waals surface area contributed by atoms with Crippen molar-refractivity contribution >= 4 is 6.09 Å². The van der Waals surface area contributed by atoms with Crippen molar-refractivity contribution in [3.05, 3.63) is 29.3 Å². The third kappa shape index (κ3) is 5.77. The van der Waals surface area contributed by atoms with E-state index in [4.69, 9.17) is 0 Å². The molecule has 1 fully saturated rings. The Morgan fingerprint density at radius 3 is 2.41 bits per heavy atom. The Labute approximate surface area is 191 Å². The minimum absolute atomic E-state index is 0.0241. The molecule has 3 rings (SSSR count). The second-order valence-electron chi connectivity index (χ2n) is 8.51. The van der Waals surface area contributed by atoms with E-state index >= 15 is 0 Å². The van der Waals surface area contributed by atoms with Crippen LogP contribution in [-0.4, -0.2) is 74.5 Å². The van der Waals surface area contributed by atoms with Gasteiger partial charge < -0.3 is 9.64 Å². The van der Waals surface area contributed by atoms with Crippen LogP contribution in [0.3, 0.4) is 0 Å². The van der Waals surface area contributed by atoms with E-state index in [0.717, 1.165) is 19.1 Å². The van der Waals surface area contributed by atoms with Crippen LogP contribution < -0.4 is 0 Å². The van der Waals surface area contributed by atoms with Crippen molar-refractivity contribution in [2.75, 3.05) is 20.1 Å². The summed E-state index contributed by atoms with van der Waals surface area (Å²) in [7, 11) is 1.79. The van der Waals surface area contributed by atoms with Crippen LogP contribution in [-0.2, 0) is 17.5 Å². The molecule has 1 aromatic heterocycles. The van der Waals surface area contributed by atoms with E-state index in [0.29, 0.717) is 18.4 Å². The van der Waals surface area contributed by atoms with Crippen LogP contribution in [0.1, 0.15) is 37.8 Å². The first kappa shape index (κ1) is 25.7. The maximum absolute atomic E-state index is 13.2. The number of carbonyl (C=O) groups is 1. The molecule has 1 aliphatic heterocycles. The molecule has 1 atom stereocenters. The van der Waals surface area contributed by atoms with Gasteiger partial charge in [0.25, 0.3) is 0 Å². The Morgan fingerprint density at radius 2 is 1.88 bits per heavy atom. The minimum Gasteiger partial charge on any atom is -0.437 e. The fourth-order valence-electron chi connectivity index (χ4n) is 3.67. The topological polar surface area (TPSA) is 87.2 Å². The average Bonchev–Trinajstić information content (AvgIpc) is 3.27. The molecule has 0 aliphatic carbocycles. The number of aromatic nitrogens is 4. The number of nitrogens with zero attached hydrogens (tertiary/aromatic N) is 5. The van der Waals surface area contributed by atoms with Gasteiger partial charge in [0.05, 0.1) is 5.56 Å². The first-order valence-electron chi connectivity index (χ1n) is 10.4. The molecule has 0 saturated carbocycles. The fraction of sp³-hybridized carbons (Fsp3) is 0.600. The Balaban J connectivity index is 1.70. The average molecular weight is 494 g/mol. The monoisotopic (exact) mass is 494 g/mol. The van der Waals surface area contributed by atoms with Gasteiger partial charge in [0.1, 0.15) is 0 Å². The number of ether oxygens (including phenoxy) is 1. The molecule has 0 bridgehead atoms. The highest BCUT2D eigenvalue weighted by Crippen LogP contribution is 2.35. The molecule has 8 nitrogen and oxygen atoms in total. The first-order chi connectivity index (χ1) is 15.7. The largest absolute Gasteiger partial charge is 0.437 e. The molecule has 0 spiro atoms. The third-order valence-electron chi connectivity index (χ3n) is 6.19. The molecule has 14 heteroatoms. The number of nitrogens with one attached hydrogen (secondary N) is 1. The summed E-state index contributed by atoms with van der Waals surface area (Å²) >= 11 is 0. The summed E-state index contributed by atoms with van der Waals surface area (Å²) in [4.78, 5) is 15.2. The van der Waals surface area contributed by atoms with Crippen molar-refractivity contribution in [2.45, 2.75) is 57.2 Å². The predicted molar refractivity (Wildman–Crippen MR) is 107 cm³/mol. The molecule has 1 aliphatic rings. The molecule has 1 amide bonds. The lowest BCUT2D eigenvalue weighted by atomic mass is 9.87. The number of aromatic amines is 1. The zero-order valence-electron chi connectivity index (χ0n) is 18.7. The second-order valence-corrected chi connectivity index (χ2v) is 8.51. The molecular weight excluding hydrogens is 470 g/mol. The second kappa shape index (κ2) is 9.39. The van der Waals surface area contributed by atoms with Gasteiger partial charge in [-0.3, -0.25) is 4.90 Å². The number of H-pyrrole nitrogens is 1. The van der Waals surface area contributed by atoms with Crippen LogP contribution in [0.4, 0.5) is 31.1 Å². The van der Waals surface area contributed by atoms with Crippen molar-refractivity contribution in [1.82, 2.24) is 30.4 Å². The number of halogens is 6. The van der Waals surface area contributed by atoms with Crippen LogP contribution in [0.15, 0.2) is 18.2 Å². The molecule has 1 unspecified atom stereocenters. The van der Waals surface area contributed by atoms with E-state index < -0.39 is 35.7 Å². The molecular formula is C20H24F6N6O2. The van der Waals surface area contributed by atoms with Crippen LogP contribution >= 0.6 is 0 Å². The lowest BCUT2D eigenvalue weighted by Crippen LogP contribution is -2.53. The van der Waals surface area contributed by atoms with Crippen LogP contribution in [0, 0.1) is 0 Å². The zero-order chi connectivity index (χ0) is 25.3. The third-order valence-corrected chi connectivity index (χ3v) is 6.19. The van der Waals surface area contributed by atoms with E-state index in [1.54, 1.807) is 7.05 Å². The number of carbonyl (C=O) groups excluding carboxylic acids is 1. The van der Waals surface area contributed by atoms with Crippen molar-refractivity contribution in [2.24, 2.45) is 0 Å². The van der Waals surface area contributed by atoms with E-state index in [1.165, 1.54) is 11.0 Å². The summed E-state index contributed by atoms with van der Waals surface area (Å²) < 4.78 is 82.1. The highest BCUT2D eigenvalue weighted by molar-refractivity contribution is 5.68. The zero-order valence-corrected chi connectivity index (χ0v) is 18.7. The van der Waals surface area contributed by atoms with Crippen molar-refractivity contribution in [1.29, 1.82) is 0 Å². The molecule has 0 radical (unpaired) electrons. The lowest BCUT2D eigenvalue weighted by Gasteiger charge is -2.45. The van der Waals surface area contributed by atoms with E-state index in [-0.39, 0.29) is 31.0 Å². The quantitative estimate of drug-likeness (QED) is 0.626. The molecule has 1 aromatic carbocycles. The van der Waals surface area contributed by atoms with Gasteiger partial charge in [0.15, 0.2) is 6.10 Å². The number of piperidine rings is 1. The normalized spacial score (nSPS) is 17.6. The first-order valence-corrected chi connectivity index (χ1v) is 10.4. The van der Waals surface area contributed by atoms with Gasteiger partial charge in [-0.1, -0.05) is 6.07 Å². The van der Waals surface area contributed by atoms with Crippen molar-refractivity contribution in [3.63, 3.8) is 0 Å². The Bertz CT molecular complexity index is 986. The smallest absolute Gasteiger partial charge is 0.425 e. The van der Waals surface area contributed by atoms with E-state index in [9.17, 15) is 31.1 Å². The van der Waals surface area contributed by atoms with Gasteiger partial charge in [-0.05, 0) is 56.6 Å². The van der Waals surface area contributed by atoms with Crippen molar-refractivity contribution in [3.8, 4) is 11.4 Å². The molecule has 1 N–H and O–H groups in total. The Morgan fingerprint density at radius 1 is 1.24 bits per heavy atom. The van der Waals surface area contributed by atoms with E-state index in [2.05, 4.69) is 25.4 Å². The van der Waals surface area contributed by atoms with Crippen LogP contribution in [0.25, 0.3) is 11.4 Å². The number of alkyl halides is 6. The molecule has 188 valence electrons. The summed E-state index contributed by atoms with van der Waals surface area (Å²) in [5.74, 6) is 0.0241. The number of benzene rings is 1. The molecule has 34 heavy (non-hydrogen) atoms. The maximum atomic E-state index is 13.2. The number of tetrazole rings is 1. The van der Waals surface area contributed by atoms with Crippen LogP contribution in [0.2, 0.25) is 0 Å². The number of rotatable bonds is 5. The van der Waals surface area contributed by atoms with Gasteiger partial charge in [-0.15, -0.1) is 10.2 Å². The van der Waals surface area contributed by atoms with Gasteiger partial charge in [0, 0.05) is 30.7 Å². The van der Waals surface area contributed by atoms with Crippen molar-refractivity contribution < 1.29 is 35.9 Å². The highest BCUT2D eigenvalue weighted by Gasteiger charge is 2.41. The molecule has 2 heterocycles. The van der Waals surface area contributed by atoms with Crippen LogP contribution in [0.5, 0.6) is 0 Å². The summed E-state index contributed by atoms with van der Waals surface area (Å²) in [5.41, 5.74) is -0.589. The molecule has 2 aromatic rings. The lowest BCUT2D eigenvalue weighted by molar-refractivity contribution is -0.200. The number of likely N-dealkylation sites (tertiary alicyclic amines) is 1. The number of amides is 1. The number of hydrogen-bond acceptors (Lipinski definition) is 6. The van der Waals surface area contributed by atoms with Gasteiger partial charge >= 0.3 is 18.4 Å². The Hall–Kier alpha value is -2.90. The summed E-state index contributed by atoms with van der Waals surface area (Å²) in [6.45, 7) is 3.29. The standard InChI is InChI=1S/C20H24F6N6O2/c1-12(19(21,22)23)34-17(33)32-8-6-18(2,7-9-32)31(3)11-13-4-5-14(20(24,25)26)10-15(13)16-27-29-30-28-16/h4-5,10,12H,6-9,11H2,1-3H3,(H,27,28,29,30). The predicted octanol–water partition coefficient (Wildman–Crippen LogP) is 4.26. The Kier molecular flexibility index (Phi) is 7.10. The fourth-order valence-corrected chi connectivity index (χ4v) is 3.67. The van der Waals surface area contributed by atoms with Gasteiger partial charge in [-0.2, -0.15) is 31.6 Å². The summed E-state index contributed by atoms with van der Waals surface area (Å²) in [5, 5.41) is 13.3. The van der Waals surface area contributed by atoms with E-state index in [1.807, 2.05) is 11.8 Å². The summed E-state index contributed by atoms with van der Waals surface area (Å²) in [6, 6.07) is 3.31. The van der Waals surface area contributed by atoms with Gasteiger partial charge in [0.2, 0.25) is 5.82 Å². The summed E-state index contributed by atoms with van der Waals surface area (Å²) in [6.07, 6.45) is -11.6. The highest BCUT2D eigenvalue weighted by atomic mass is 19.4. The number of hydrogen-bond donors (Lipinski definition) is 1. The van der Waals surface area contributed by atoms with Gasteiger partial charge in [-0.25, -0.2) is 4.79 Å². The SMILES string of the molecule is CC(OC(=O)N1CCC(C)(N(C)Cc2ccc(C(F)(F)F)cc2-c2nn[nH]n2)CC1)C(F)(F)F. The maximum Gasteiger partial charge on any atom is 0.425 e. The molecule has 1 saturated heterocycles.